The molecule has 2 amide bonds. The molecule has 1 saturated heterocycles. The summed E-state index contributed by atoms with van der Waals surface area (Å²) in [7, 11) is 3.04. The van der Waals surface area contributed by atoms with E-state index in [0.29, 0.717) is 27.0 Å². The summed E-state index contributed by atoms with van der Waals surface area (Å²) in [6, 6.07) is 17.2. The molecule has 3 aromatic rings. The Kier molecular flexibility index (Phi) is 5.70. The van der Waals surface area contributed by atoms with Gasteiger partial charge in [-0.2, -0.15) is 0 Å². The third-order valence-electron chi connectivity index (χ3n) is 4.82. The van der Waals surface area contributed by atoms with Crippen LogP contribution in [0.4, 0.5) is 4.79 Å². The maximum atomic E-state index is 12.9. The molecule has 1 aliphatic rings. The van der Waals surface area contributed by atoms with Gasteiger partial charge < -0.3 is 9.47 Å². The smallest absolute Gasteiger partial charge is 0.293 e. The Morgan fingerprint density at radius 2 is 1.67 bits per heavy atom. The van der Waals surface area contributed by atoms with E-state index in [4.69, 9.17) is 21.1 Å². The number of thioether (sulfide) groups is 1. The molecule has 0 N–H and O–H groups in total. The van der Waals surface area contributed by atoms with Crippen LogP contribution in [0.25, 0.3) is 16.8 Å². The first-order valence-electron chi connectivity index (χ1n) is 9.14. The highest BCUT2D eigenvalue weighted by Gasteiger charge is 2.35. The predicted molar refractivity (Wildman–Crippen MR) is 120 cm³/mol. The van der Waals surface area contributed by atoms with Gasteiger partial charge in [0.25, 0.3) is 11.1 Å². The number of methoxy groups -OCH3 is 2. The molecule has 1 fully saturated rings. The summed E-state index contributed by atoms with van der Waals surface area (Å²) < 4.78 is 10.5. The maximum Gasteiger partial charge on any atom is 0.293 e. The van der Waals surface area contributed by atoms with Crippen molar-refractivity contribution in [3.63, 3.8) is 0 Å². The van der Waals surface area contributed by atoms with Crippen molar-refractivity contribution in [2.45, 2.75) is 6.54 Å². The Morgan fingerprint density at radius 1 is 0.967 bits per heavy atom. The van der Waals surface area contributed by atoms with Crippen molar-refractivity contribution in [2.24, 2.45) is 0 Å². The standard InChI is InChI=1S/C23H18ClNO4S/c1-28-19-10-17(18(24)12-20(19)29-2)11-21-22(26)25(23(27)30-21)13-14-7-8-15-5-3-4-6-16(15)9-14/h3-12H,13H2,1-2H3/b21-11-. The van der Waals surface area contributed by atoms with Crippen LogP contribution in [-0.2, 0) is 11.3 Å². The highest BCUT2D eigenvalue weighted by Crippen LogP contribution is 2.38. The number of rotatable bonds is 5. The van der Waals surface area contributed by atoms with E-state index < -0.39 is 0 Å². The van der Waals surface area contributed by atoms with Gasteiger partial charge in [-0.05, 0) is 51.9 Å². The first-order valence-corrected chi connectivity index (χ1v) is 10.3. The van der Waals surface area contributed by atoms with Crippen molar-refractivity contribution < 1.29 is 19.1 Å². The highest BCUT2D eigenvalue weighted by molar-refractivity contribution is 8.18. The average Bonchev–Trinajstić information content (AvgIpc) is 3.02. The van der Waals surface area contributed by atoms with Gasteiger partial charge in [-0.25, -0.2) is 0 Å². The number of halogens is 1. The molecule has 1 heterocycles. The maximum absolute atomic E-state index is 12.9. The second-order valence-corrected chi connectivity index (χ2v) is 8.08. The van der Waals surface area contributed by atoms with Crippen LogP contribution < -0.4 is 9.47 Å². The predicted octanol–water partition coefficient (Wildman–Crippen LogP) is 5.75. The number of carbonyl (C=O) groups excluding carboxylic acids is 2. The number of fused-ring (bicyclic) bond motifs is 1. The lowest BCUT2D eigenvalue weighted by atomic mass is 10.1. The van der Waals surface area contributed by atoms with Crippen molar-refractivity contribution in [3.05, 3.63) is 75.7 Å². The first-order chi connectivity index (χ1) is 14.5. The fraction of sp³-hybridized carbons (Fsp3) is 0.130. The molecule has 0 spiro atoms. The minimum Gasteiger partial charge on any atom is -0.493 e. The van der Waals surface area contributed by atoms with E-state index in [1.54, 1.807) is 18.2 Å². The topological polar surface area (TPSA) is 55.8 Å². The van der Waals surface area contributed by atoms with Crippen LogP contribution in [0.1, 0.15) is 11.1 Å². The van der Waals surface area contributed by atoms with Crippen LogP contribution in [0.3, 0.4) is 0 Å². The summed E-state index contributed by atoms with van der Waals surface area (Å²) >= 11 is 7.22. The molecule has 30 heavy (non-hydrogen) atoms. The molecule has 1 aliphatic heterocycles. The third kappa shape index (κ3) is 3.88. The van der Waals surface area contributed by atoms with E-state index in [1.807, 2.05) is 42.5 Å². The molecule has 7 heteroatoms. The van der Waals surface area contributed by atoms with E-state index in [2.05, 4.69) is 0 Å². The van der Waals surface area contributed by atoms with Gasteiger partial charge in [0, 0.05) is 6.07 Å². The number of carbonyl (C=O) groups is 2. The SMILES string of the molecule is COc1cc(Cl)c(/C=C2\SC(=O)N(Cc3ccc4ccccc4c3)C2=O)cc1OC. The van der Waals surface area contributed by atoms with E-state index in [-0.39, 0.29) is 17.7 Å². The minimum atomic E-state index is -0.344. The molecule has 3 aromatic carbocycles. The molecule has 5 nitrogen and oxygen atoms in total. The van der Waals surface area contributed by atoms with Crippen LogP contribution in [0, 0.1) is 0 Å². The molecule has 0 unspecified atom stereocenters. The highest BCUT2D eigenvalue weighted by atomic mass is 35.5. The Hall–Kier alpha value is -2.96. The molecule has 152 valence electrons. The van der Waals surface area contributed by atoms with Gasteiger partial charge in [-0.3, -0.25) is 14.5 Å². The number of benzene rings is 3. The van der Waals surface area contributed by atoms with Crippen molar-refractivity contribution in [2.75, 3.05) is 14.2 Å². The zero-order valence-corrected chi connectivity index (χ0v) is 17.9. The van der Waals surface area contributed by atoms with Crippen LogP contribution in [0.5, 0.6) is 11.5 Å². The van der Waals surface area contributed by atoms with Crippen LogP contribution in [0.15, 0.2) is 59.5 Å². The van der Waals surface area contributed by atoms with Gasteiger partial charge in [0.15, 0.2) is 11.5 Å². The minimum absolute atomic E-state index is 0.215. The lowest BCUT2D eigenvalue weighted by molar-refractivity contribution is -0.123. The zero-order chi connectivity index (χ0) is 21.3. The van der Waals surface area contributed by atoms with Gasteiger partial charge in [-0.1, -0.05) is 48.0 Å². The monoisotopic (exact) mass is 439 g/mol. The third-order valence-corrected chi connectivity index (χ3v) is 6.05. The summed E-state index contributed by atoms with van der Waals surface area (Å²) in [5.41, 5.74) is 1.46. The Labute approximate surface area is 183 Å². The summed E-state index contributed by atoms with van der Waals surface area (Å²) in [6.45, 7) is 0.215. The fourth-order valence-electron chi connectivity index (χ4n) is 3.28. The second-order valence-electron chi connectivity index (χ2n) is 6.68. The van der Waals surface area contributed by atoms with Crippen LogP contribution in [0.2, 0.25) is 5.02 Å². The number of amides is 2. The normalized spacial score (nSPS) is 15.3. The summed E-state index contributed by atoms with van der Waals surface area (Å²) in [5.74, 6) is 0.636. The summed E-state index contributed by atoms with van der Waals surface area (Å²) in [5, 5.41) is 2.26. The molecule has 0 atom stereocenters. The lowest BCUT2D eigenvalue weighted by Crippen LogP contribution is -2.27. The van der Waals surface area contributed by atoms with Gasteiger partial charge >= 0.3 is 0 Å². The molecule has 0 radical (unpaired) electrons. The molecule has 0 aliphatic carbocycles. The number of ether oxygens (including phenoxy) is 2. The number of hydrogen-bond acceptors (Lipinski definition) is 5. The van der Waals surface area contributed by atoms with Crippen molar-refractivity contribution >= 4 is 51.4 Å². The van der Waals surface area contributed by atoms with Crippen LogP contribution in [-0.4, -0.2) is 30.3 Å². The molecule has 0 saturated carbocycles. The van der Waals surface area contributed by atoms with E-state index in [0.717, 1.165) is 28.1 Å². The van der Waals surface area contributed by atoms with Crippen molar-refractivity contribution in [3.8, 4) is 11.5 Å². The van der Waals surface area contributed by atoms with Gasteiger partial charge in [-0.15, -0.1) is 0 Å². The Bertz CT molecular complexity index is 1190. The summed E-state index contributed by atoms with van der Waals surface area (Å²) in [4.78, 5) is 27.0. The molecular formula is C23H18ClNO4S. The molecule has 0 aromatic heterocycles. The molecule has 0 bridgehead atoms. The molecule has 4 rings (SSSR count). The largest absolute Gasteiger partial charge is 0.493 e. The number of nitrogens with zero attached hydrogens (tertiary/aromatic N) is 1. The molecular weight excluding hydrogens is 422 g/mol. The van der Waals surface area contributed by atoms with Crippen molar-refractivity contribution in [1.29, 1.82) is 0 Å². The zero-order valence-electron chi connectivity index (χ0n) is 16.3. The van der Waals surface area contributed by atoms with Crippen molar-refractivity contribution in [1.82, 2.24) is 4.90 Å². The second kappa shape index (κ2) is 8.42. The first kappa shape index (κ1) is 20.3. The Balaban J connectivity index is 1.60. The fourth-order valence-corrected chi connectivity index (χ4v) is 4.32. The quantitative estimate of drug-likeness (QED) is 0.474. The summed E-state index contributed by atoms with van der Waals surface area (Å²) in [6.07, 6.45) is 1.61. The van der Waals surface area contributed by atoms with Gasteiger partial charge in [0.05, 0.1) is 30.7 Å². The van der Waals surface area contributed by atoms with Gasteiger partial charge in [0.1, 0.15) is 0 Å². The average molecular weight is 440 g/mol. The lowest BCUT2D eigenvalue weighted by Gasteiger charge is -2.13. The van der Waals surface area contributed by atoms with E-state index in [9.17, 15) is 9.59 Å². The van der Waals surface area contributed by atoms with E-state index >= 15 is 0 Å². The van der Waals surface area contributed by atoms with Crippen LogP contribution >= 0.6 is 23.4 Å². The number of hydrogen-bond donors (Lipinski definition) is 0. The van der Waals surface area contributed by atoms with Gasteiger partial charge in [0.2, 0.25) is 0 Å². The Morgan fingerprint density at radius 3 is 2.40 bits per heavy atom. The van der Waals surface area contributed by atoms with E-state index in [1.165, 1.54) is 19.1 Å². The number of imide groups is 1.